The molecule has 0 aliphatic heterocycles. The molecule has 0 saturated carbocycles. The molecule has 0 unspecified atom stereocenters. The number of phenols is 1. The Morgan fingerprint density at radius 3 is 1.73 bits per heavy atom. The van der Waals surface area contributed by atoms with Crippen LogP contribution in [0.15, 0.2) is 91.0 Å². The highest BCUT2D eigenvalue weighted by Crippen LogP contribution is 2.43. The predicted octanol–water partition coefficient (Wildman–Crippen LogP) is 5.73. The first-order valence-electron chi connectivity index (χ1n) is 8.68. The van der Waals surface area contributed by atoms with Crippen molar-refractivity contribution in [3.8, 4) is 11.5 Å². The van der Waals surface area contributed by atoms with E-state index in [9.17, 15) is 5.11 Å². The van der Waals surface area contributed by atoms with Crippen molar-refractivity contribution in [1.82, 2.24) is 0 Å². The van der Waals surface area contributed by atoms with Crippen molar-refractivity contribution >= 4 is 10.8 Å². The van der Waals surface area contributed by atoms with Crippen molar-refractivity contribution in [1.29, 1.82) is 0 Å². The zero-order valence-corrected chi connectivity index (χ0v) is 14.6. The summed E-state index contributed by atoms with van der Waals surface area (Å²) in [6.45, 7) is 0. The number of aromatic hydroxyl groups is 1. The van der Waals surface area contributed by atoms with Crippen LogP contribution in [-0.4, -0.2) is 12.2 Å². The molecule has 0 aromatic heterocycles. The lowest BCUT2D eigenvalue weighted by molar-refractivity contribution is 0.376. The van der Waals surface area contributed by atoms with E-state index in [-0.39, 0.29) is 11.7 Å². The summed E-state index contributed by atoms with van der Waals surface area (Å²) >= 11 is 0. The molecule has 0 fully saturated rings. The molecular weight excluding hydrogens is 320 g/mol. The highest BCUT2D eigenvalue weighted by molar-refractivity contribution is 5.94. The SMILES string of the molecule is COc1cc(C(c2ccccc2)c2ccccc2)c2ccccc2c1O. The van der Waals surface area contributed by atoms with Crippen LogP contribution in [0, 0.1) is 0 Å². The number of methoxy groups -OCH3 is 1. The molecule has 0 aliphatic rings. The van der Waals surface area contributed by atoms with Gasteiger partial charge in [0.2, 0.25) is 0 Å². The van der Waals surface area contributed by atoms with Gasteiger partial charge < -0.3 is 9.84 Å². The third kappa shape index (κ3) is 2.80. The van der Waals surface area contributed by atoms with E-state index in [0.717, 1.165) is 16.3 Å². The van der Waals surface area contributed by atoms with Gasteiger partial charge in [-0.2, -0.15) is 0 Å². The van der Waals surface area contributed by atoms with Gasteiger partial charge in [0.05, 0.1) is 7.11 Å². The van der Waals surface area contributed by atoms with Crippen molar-refractivity contribution in [3.05, 3.63) is 108 Å². The van der Waals surface area contributed by atoms with E-state index in [0.29, 0.717) is 5.75 Å². The van der Waals surface area contributed by atoms with Crippen molar-refractivity contribution < 1.29 is 9.84 Å². The molecule has 4 aromatic rings. The molecule has 1 N–H and O–H groups in total. The highest BCUT2D eigenvalue weighted by Gasteiger charge is 2.22. The lowest BCUT2D eigenvalue weighted by Crippen LogP contribution is -2.05. The minimum atomic E-state index is 0.0526. The Bertz CT molecular complexity index is 984. The largest absolute Gasteiger partial charge is 0.504 e. The minimum absolute atomic E-state index is 0.0526. The van der Waals surface area contributed by atoms with Crippen LogP contribution in [0.5, 0.6) is 11.5 Å². The molecule has 0 radical (unpaired) electrons. The number of ether oxygens (including phenoxy) is 1. The minimum Gasteiger partial charge on any atom is -0.504 e. The van der Waals surface area contributed by atoms with Gasteiger partial charge in [-0.1, -0.05) is 84.9 Å². The summed E-state index contributed by atoms with van der Waals surface area (Å²) in [6.07, 6.45) is 0. The summed E-state index contributed by atoms with van der Waals surface area (Å²) in [7, 11) is 1.59. The molecule has 4 aromatic carbocycles. The Morgan fingerprint density at radius 1 is 0.692 bits per heavy atom. The fraction of sp³-hybridized carbons (Fsp3) is 0.0833. The molecule has 128 valence electrons. The second-order valence-corrected chi connectivity index (χ2v) is 6.32. The summed E-state index contributed by atoms with van der Waals surface area (Å²) in [4.78, 5) is 0. The summed E-state index contributed by atoms with van der Waals surface area (Å²) in [5.74, 6) is 0.735. The molecule has 0 bridgehead atoms. The van der Waals surface area contributed by atoms with Gasteiger partial charge in [-0.15, -0.1) is 0 Å². The zero-order chi connectivity index (χ0) is 17.9. The van der Waals surface area contributed by atoms with E-state index >= 15 is 0 Å². The van der Waals surface area contributed by atoms with Gasteiger partial charge in [-0.25, -0.2) is 0 Å². The fourth-order valence-corrected chi connectivity index (χ4v) is 3.60. The summed E-state index contributed by atoms with van der Waals surface area (Å²) in [6, 6.07) is 30.8. The van der Waals surface area contributed by atoms with Gasteiger partial charge in [0.15, 0.2) is 11.5 Å². The molecule has 0 amide bonds. The van der Waals surface area contributed by atoms with Crippen LogP contribution in [-0.2, 0) is 0 Å². The number of fused-ring (bicyclic) bond motifs is 1. The Balaban J connectivity index is 2.05. The van der Waals surface area contributed by atoms with E-state index in [1.807, 2.05) is 36.4 Å². The monoisotopic (exact) mass is 340 g/mol. The summed E-state index contributed by atoms with van der Waals surface area (Å²) in [5.41, 5.74) is 3.53. The van der Waals surface area contributed by atoms with Crippen LogP contribution < -0.4 is 4.74 Å². The summed E-state index contributed by atoms with van der Waals surface area (Å²) < 4.78 is 5.47. The van der Waals surface area contributed by atoms with Crippen LogP contribution >= 0.6 is 0 Å². The highest BCUT2D eigenvalue weighted by atomic mass is 16.5. The Hall–Kier alpha value is -3.26. The third-order valence-corrected chi connectivity index (χ3v) is 4.81. The first-order chi connectivity index (χ1) is 12.8. The molecular formula is C24H20O2. The smallest absolute Gasteiger partial charge is 0.165 e. The van der Waals surface area contributed by atoms with Gasteiger partial charge in [0.1, 0.15) is 0 Å². The average molecular weight is 340 g/mol. The van der Waals surface area contributed by atoms with Crippen LogP contribution in [0.4, 0.5) is 0 Å². The van der Waals surface area contributed by atoms with E-state index < -0.39 is 0 Å². The molecule has 0 spiro atoms. The van der Waals surface area contributed by atoms with Crippen molar-refractivity contribution in [2.45, 2.75) is 5.92 Å². The van der Waals surface area contributed by atoms with Crippen LogP contribution in [0.2, 0.25) is 0 Å². The molecule has 0 atom stereocenters. The standard InChI is InChI=1S/C24H20O2/c1-26-22-16-21(19-14-8-9-15-20(19)24(22)25)23(17-10-4-2-5-11-17)18-12-6-3-7-13-18/h2-16,23,25H,1H3. The maximum absolute atomic E-state index is 10.6. The number of rotatable bonds is 4. The maximum Gasteiger partial charge on any atom is 0.165 e. The van der Waals surface area contributed by atoms with Crippen molar-refractivity contribution in [2.24, 2.45) is 0 Å². The molecule has 2 heteroatoms. The van der Waals surface area contributed by atoms with Gasteiger partial charge in [0.25, 0.3) is 0 Å². The fourth-order valence-electron chi connectivity index (χ4n) is 3.60. The van der Waals surface area contributed by atoms with Crippen LogP contribution in [0.25, 0.3) is 10.8 Å². The molecule has 4 rings (SSSR count). The van der Waals surface area contributed by atoms with Crippen LogP contribution in [0.1, 0.15) is 22.6 Å². The number of benzene rings is 4. The van der Waals surface area contributed by atoms with E-state index in [2.05, 4.69) is 54.6 Å². The maximum atomic E-state index is 10.6. The second-order valence-electron chi connectivity index (χ2n) is 6.32. The topological polar surface area (TPSA) is 29.5 Å². The quantitative estimate of drug-likeness (QED) is 0.480. The second kappa shape index (κ2) is 6.93. The number of phenolic OH excluding ortho intramolecular Hbond substituents is 1. The van der Waals surface area contributed by atoms with E-state index in [1.54, 1.807) is 7.11 Å². The molecule has 0 saturated heterocycles. The Labute approximate surface area is 153 Å². The van der Waals surface area contributed by atoms with Gasteiger partial charge in [0, 0.05) is 11.3 Å². The van der Waals surface area contributed by atoms with Gasteiger partial charge >= 0.3 is 0 Å². The molecule has 2 nitrogen and oxygen atoms in total. The molecule has 26 heavy (non-hydrogen) atoms. The third-order valence-electron chi connectivity index (χ3n) is 4.81. The van der Waals surface area contributed by atoms with Crippen molar-refractivity contribution in [3.63, 3.8) is 0 Å². The summed E-state index contributed by atoms with van der Waals surface area (Å²) in [5, 5.41) is 12.4. The van der Waals surface area contributed by atoms with E-state index in [4.69, 9.17) is 4.74 Å². The number of hydrogen-bond acceptors (Lipinski definition) is 2. The first kappa shape index (κ1) is 16.2. The number of hydrogen-bond donors (Lipinski definition) is 1. The Kier molecular flexibility index (Phi) is 4.32. The van der Waals surface area contributed by atoms with Crippen molar-refractivity contribution in [2.75, 3.05) is 7.11 Å². The van der Waals surface area contributed by atoms with Crippen LogP contribution in [0.3, 0.4) is 0 Å². The molecule has 0 heterocycles. The zero-order valence-electron chi connectivity index (χ0n) is 14.6. The van der Waals surface area contributed by atoms with Gasteiger partial charge in [-0.05, 0) is 28.1 Å². The lowest BCUT2D eigenvalue weighted by Gasteiger charge is -2.22. The molecule has 0 aliphatic carbocycles. The van der Waals surface area contributed by atoms with Gasteiger partial charge in [-0.3, -0.25) is 0 Å². The lowest BCUT2D eigenvalue weighted by atomic mass is 9.82. The Morgan fingerprint density at radius 2 is 1.19 bits per heavy atom. The van der Waals surface area contributed by atoms with E-state index in [1.165, 1.54) is 11.1 Å². The average Bonchev–Trinajstić information content (AvgIpc) is 2.72. The predicted molar refractivity (Wildman–Crippen MR) is 106 cm³/mol. The first-order valence-corrected chi connectivity index (χ1v) is 8.68. The normalized spacial score (nSPS) is 11.0.